The lowest BCUT2D eigenvalue weighted by molar-refractivity contribution is 0.279. The van der Waals surface area contributed by atoms with Gasteiger partial charge < -0.3 is 0 Å². The summed E-state index contributed by atoms with van der Waals surface area (Å²) in [5, 5.41) is 6.76. The maximum Gasteiger partial charge on any atom is 0.246 e. The lowest BCUT2D eigenvalue weighted by atomic mass is 9.82. The number of sulfonamides is 1. The van der Waals surface area contributed by atoms with E-state index in [-0.39, 0.29) is 5.41 Å². The van der Waals surface area contributed by atoms with Gasteiger partial charge in [0, 0.05) is 13.1 Å². The molecule has 0 bridgehead atoms. The number of hydrogen-bond donors (Lipinski definition) is 1. The van der Waals surface area contributed by atoms with Gasteiger partial charge in [0.1, 0.15) is 4.90 Å². The quantitative estimate of drug-likeness (QED) is 0.922. The van der Waals surface area contributed by atoms with Crippen LogP contribution in [0, 0.1) is 19.3 Å². The summed E-state index contributed by atoms with van der Waals surface area (Å²) in [4.78, 5) is 0.357. The molecule has 5 nitrogen and oxygen atoms in total. The van der Waals surface area contributed by atoms with Gasteiger partial charge in [0.05, 0.1) is 11.4 Å². The van der Waals surface area contributed by atoms with Crippen molar-refractivity contribution >= 4 is 10.0 Å². The predicted octanol–water partition coefficient (Wildman–Crippen LogP) is 2.23. The molecular formula is C13H23N3O2S. The van der Waals surface area contributed by atoms with Gasteiger partial charge >= 0.3 is 0 Å². The third kappa shape index (κ3) is 2.31. The normalized spacial score (nSPS) is 20.0. The van der Waals surface area contributed by atoms with E-state index in [0.717, 1.165) is 19.3 Å². The van der Waals surface area contributed by atoms with Crippen molar-refractivity contribution in [1.82, 2.24) is 14.5 Å². The van der Waals surface area contributed by atoms with Crippen molar-refractivity contribution in [2.24, 2.45) is 5.41 Å². The highest BCUT2D eigenvalue weighted by molar-refractivity contribution is 7.89. The molecule has 1 saturated heterocycles. The van der Waals surface area contributed by atoms with Gasteiger partial charge in [-0.1, -0.05) is 13.8 Å². The second kappa shape index (κ2) is 4.90. The number of aromatic nitrogens is 2. The molecule has 2 heterocycles. The fourth-order valence-electron chi connectivity index (χ4n) is 2.98. The molecule has 1 aromatic rings. The Morgan fingerprint density at radius 3 is 2.37 bits per heavy atom. The number of H-pyrrole nitrogens is 1. The van der Waals surface area contributed by atoms with E-state index in [9.17, 15) is 8.42 Å². The van der Waals surface area contributed by atoms with Crippen molar-refractivity contribution in [2.45, 2.75) is 51.9 Å². The molecule has 19 heavy (non-hydrogen) atoms. The second-order valence-electron chi connectivity index (χ2n) is 5.56. The molecule has 0 unspecified atom stereocenters. The van der Waals surface area contributed by atoms with Crippen molar-refractivity contribution in [3.63, 3.8) is 0 Å². The first-order valence-electron chi connectivity index (χ1n) is 6.88. The number of aromatic amines is 1. The SMILES string of the molecule is CCC1(CC)CCN(S(=O)(=O)c2c(C)n[nH]c2C)C1. The molecule has 1 fully saturated rings. The van der Waals surface area contributed by atoms with Crippen molar-refractivity contribution in [2.75, 3.05) is 13.1 Å². The fourth-order valence-corrected chi connectivity index (χ4v) is 4.86. The van der Waals surface area contributed by atoms with E-state index in [1.807, 2.05) is 0 Å². The summed E-state index contributed by atoms with van der Waals surface area (Å²) in [5.41, 5.74) is 1.34. The Morgan fingerprint density at radius 2 is 1.95 bits per heavy atom. The summed E-state index contributed by atoms with van der Waals surface area (Å²) in [5.74, 6) is 0. The zero-order valence-corrected chi connectivity index (χ0v) is 13.0. The largest absolute Gasteiger partial charge is 0.281 e. The van der Waals surface area contributed by atoms with Crippen molar-refractivity contribution in [3.8, 4) is 0 Å². The minimum absolute atomic E-state index is 0.151. The number of nitrogens with zero attached hydrogens (tertiary/aromatic N) is 2. The molecule has 0 spiro atoms. The highest BCUT2D eigenvalue weighted by Gasteiger charge is 2.41. The van der Waals surface area contributed by atoms with E-state index in [2.05, 4.69) is 24.0 Å². The summed E-state index contributed by atoms with van der Waals surface area (Å²) in [7, 11) is -3.41. The predicted molar refractivity (Wildman–Crippen MR) is 74.5 cm³/mol. The maximum absolute atomic E-state index is 12.7. The van der Waals surface area contributed by atoms with Crippen LogP contribution in [-0.2, 0) is 10.0 Å². The molecular weight excluding hydrogens is 262 g/mol. The average molecular weight is 285 g/mol. The second-order valence-corrected chi connectivity index (χ2v) is 7.43. The van der Waals surface area contributed by atoms with Crippen LogP contribution in [-0.4, -0.2) is 36.0 Å². The summed E-state index contributed by atoms with van der Waals surface area (Å²) >= 11 is 0. The first-order chi connectivity index (χ1) is 8.86. The van der Waals surface area contributed by atoms with Gasteiger partial charge in [-0.2, -0.15) is 9.40 Å². The molecule has 0 saturated carbocycles. The molecule has 1 N–H and O–H groups in total. The molecule has 6 heteroatoms. The average Bonchev–Trinajstić information content (AvgIpc) is 2.95. The van der Waals surface area contributed by atoms with Gasteiger partial charge in [0.25, 0.3) is 0 Å². The van der Waals surface area contributed by atoms with Crippen LogP contribution in [0.15, 0.2) is 4.90 Å². The molecule has 0 amide bonds. The van der Waals surface area contributed by atoms with Gasteiger partial charge in [0.2, 0.25) is 10.0 Å². The van der Waals surface area contributed by atoms with E-state index in [4.69, 9.17) is 0 Å². The topological polar surface area (TPSA) is 66.1 Å². The summed E-state index contributed by atoms with van der Waals surface area (Å²) in [6.07, 6.45) is 3.01. The first-order valence-corrected chi connectivity index (χ1v) is 8.32. The van der Waals surface area contributed by atoms with E-state index in [1.165, 1.54) is 0 Å². The van der Waals surface area contributed by atoms with Gasteiger partial charge in [-0.3, -0.25) is 5.10 Å². The van der Waals surface area contributed by atoms with Crippen LogP contribution in [0.1, 0.15) is 44.5 Å². The van der Waals surface area contributed by atoms with Crippen LogP contribution < -0.4 is 0 Å². The van der Waals surface area contributed by atoms with Crippen LogP contribution in [0.4, 0.5) is 0 Å². The molecule has 0 aromatic carbocycles. The van der Waals surface area contributed by atoms with Crippen molar-refractivity contribution < 1.29 is 8.42 Å². The molecule has 1 aliphatic rings. The maximum atomic E-state index is 12.7. The van der Waals surface area contributed by atoms with Crippen LogP contribution >= 0.6 is 0 Å². The highest BCUT2D eigenvalue weighted by atomic mass is 32.2. The van der Waals surface area contributed by atoms with E-state index in [1.54, 1.807) is 18.2 Å². The van der Waals surface area contributed by atoms with Crippen LogP contribution in [0.2, 0.25) is 0 Å². The van der Waals surface area contributed by atoms with Crippen molar-refractivity contribution in [3.05, 3.63) is 11.4 Å². The molecule has 1 aliphatic heterocycles. The van der Waals surface area contributed by atoms with Gasteiger partial charge in [-0.15, -0.1) is 0 Å². The molecule has 1 aromatic heterocycles. The Labute approximate surface area is 115 Å². The zero-order valence-electron chi connectivity index (χ0n) is 12.2. The Hall–Kier alpha value is -0.880. The van der Waals surface area contributed by atoms with Crippen LogP contribution in [0.5, 0.6) is 0 Å². The summed E-state index contributed by atoms with van der Waals surface area (Å²) in [6, 6.07) is 0. The molecule has 2 rings (SSSR count). The fraction of sp³-hybridized carbons (Fsp3) is 0.769. The lowest BCUT2D eigenvalue weighted by Gasteiger charge is -2.26. The Morgan fingerprint density at radius 1 is 1.32 bits per heavy atom. The summed E-state index contributed by atoms with van der Waals surface area (Å²) < 4.78 is 27.1. The Balaban J connectivity index is 2.33. The first kappa shape index (κ1) is 14.5. The standard InChI is InChI=1S/C13H23N3O2S/c1-5-13(6-2)7-8-16(9-13)19(17,18)12-10(3)14-15-11(12)4/h5-9H2,1-4H3,(H,14,15). The summed E-state index contributed by atoms with van der Waals surface area (Å²) in [6.45, 7) is 9.04. The van der Waals surface area contributed by atoms with Crippen LogP contribution in [0.3, 0.4) is 0 Å². The van der Waals surface area contributed by atoms with Gasteiger partial charge in [-0.25, -0.2) is 8.42 Å². The van der Waals surface area contributed by atoms with E-state index < -0.39 is 10.0 Å². The number of nitrogens with one attached hydrogen (secondary N) is 1. The van der Waals surface area contributed by atoms with Crippen LogP contribution in [0.25, 0.3) is 0 Å². The molecule has 0 aliphatic carbocycles. The minimum atomic E-state index is -3.41. The smallest absolute Gasteiger partial charge is 0.246 e. The number of hydrogen-bond acceptors (Lipinski definition) is 3. The van der Waals surface area contributed by atoms with E-state index in [0.29, 0.717) is 29.4 Å². The highest BCUT2D eigenvalue weighted by Crippen LogP contribution is 2.39. The van der Waals surface area contributed by atoms with E-state index >= 15 is 0 Å². The zero-order chi connectivity index (χ0) is 14.3. The monoisotopic (exact) mass is 285 g/mol. The number of rotatable bonds is 4. The Bertz CT molecular complexity index is 539. The minimum Gasteiger partial charge on any atom is -0.281 e. The third-order valence-corrected chi connectivity index (χ3v) is 6.67. The van der Waals surface area contributed by atoms with Crippen molar-refractivity contribution in [1.29, 1.82) is 0 Å². The number of aryl methyl sites for hydroxylation is 2. The lowest BCUT2D eigenvalue weighted by Crippen LogP contribution is -2.32. The molecule has 108 valence electrons. The third-order valence-electron chi connectivity index (χ3n) is 4.56. The molecule has 0 radical (unpaired) electrons. The van der Waals surface area contributed by atoms with Gasteiger partial charge in [0.15, 0.2) is 0 Å². The molecule has 0 atom stereocenters. The van der Waals surface area contributed by atoms with Gasteiger partial charge in [-0.05, 0) is 38.5 Å². The Kier molecular flexibility index (Phi) is 3.75.